The Morgan fingerprint density at radius 3 is 1.27 bits per heavy atom. The standard InChI is InChI=1S/C32H18Br4O12S2.2Na/c33-21-11-17(1-3-25(21)37)27-13-19-5-15(7-23(35)31(19)45-27)9-29(47-49(39,40)41)30(48-50(42,43)44)10-16-6-20-14-28(46-32(20)24(36)8-16)18-2-4-26(38)22(34)12-18;;/h1-14,37-38H,(H,39,40,41)(H,42,43,44);;/q;2*+1/p-2/b29-9-,30-10+;;. The molecule has 0 radical (unpaired) electrons. The Hall–Kier alpha value is -1.62. The van der Waals surface area contributed by atoms with Gasteiger partial charge >= 0.3 is 59.1 Å². The van der Waals surface area contributed by atoms with Crippen LogP contribution in [0.25, 0.3) is 56.7 Å². The zero-order chi connectivity index (χ0) is 36.1. The monoisotopic (exact) mass is 1020 g/mol. The maximum Gasteiger partial charge on any atom is 1.00 e. The largest absolute Gasteiger partial charge is 1.00 e. The predicted octanol–water partition coefficient (Wildman–Crippen LogP) is 3.32. The molecule has 0 saturated carbocycles. The van der Waals surface area contributed by atoms with Gasteiger partial charge in [0.05, 0.1) is 17.9 Å². The third-order valence-electron chi connectivity index (χ3n) is 6.87. The number of phenols is 2. The van der Waals surface area contributed by atoms with Gasteiger partial charge in [-0.1, -0.05) is 0 Å². The van der Waals surface area contributed by atoms with Crippen molar-refractivity contribution in [3.8, 4) is 34.1 Å². The SMILES string of the molecule is O=S(=O)([O-])OC(=C\c1cc(Br)c2oc(-c3ccc(O)c(Br)c3)cc2c1)/C(=C\c1cc(Br)c2oc(-c3ccc(O)c(Br)c3)cc2c1)OS(=O)(=O)[O-].[Na+].[Na+]. The molecule has 0 aliphatic heterocycles. The van der Waals surface area contributed by atoms with Crippen LogP contribution in [0.3, 0.4) is 0 Å². The molecule has 4 aromatic carbocycles. The van der Waals surface area contributed by atoms with Crippen molar-refractivity contribution in [2.75, 3.05) is 0 Å². The van der Waals surface area contributed by atoms with Crippen molar-refractivity contribution < 1.29 is 112 Å². The predicted molar refractivity (Wildman–Crippen MR) is 195 cm³/mol. The van der Waals surface area contributed by atoms with E-state index in [1.807, 2.05) is 0 Å². The molecule has 2 N–H and O–H groups in total. The van der Waals surface area contributed by atoms with Crippen molar-refractivity contribution in [2.24, 2.45) is 0 Å². The van der Waals surface area contributed by atoms with Crippen LogP contribution >= 0.6 is 63.7 Å². The quantitative estimate of drug-likeness (QED) is 0.0706. The molecule has 258 valence electrons. The number of phenolic OH excluding ortho intramolecular Hbond substituents is 2. The van der Waals surface area contributed by atoms with Crippen molar-refractivity contribution in [1.29, 1.82) is 0 Å². The maximum absolute atomic E-state index is 11.8. The molecule has 2 aromatic heterocycles. The summed E-state index contributed by atoms with van der Waals surface area (Å²) in [6.07, 6.45) is 1.99. The Bertz CT molecular complexity index is 2460. The average Bonchev–Trinajstić information content (AvgIpc) is 3.64. The number of hydrogen-bond donors (Lipinski definition) is 2. The van der Waals surface area contributed by atoms with E-state index < -0.39 is 32.3 Å². The number of furan rings is 2. The number of aromatic hydroxyl groups is 2. The molecule has 2 heterocycles. The van der Waals surface area contributed by atoms with Crippen molar-refractivity contribution >= 4 is 119 Å². The summed E-state index contributed by atoms with van der Waals surface area (Å²) >= 11 is 13.3. The molecule has 0 saturated heterocycles. The molecule has 0 atom stereocenters. The fourth-order valence-electron chi connectivity index (χ4n) is 4.83. The summed E-state index contributed by atoms with van der Waals surface area (Å²) in [5.74, 6) is -0.984. The first kappa shape index (κ1) is 43.1. The van der Waals surface area contributed by atoms with Gasteiger partial charge in [0.2, 0.25) is 0 Å². The Kier molecular flexibility index (Phi) is 14.1. The average molecular weight is 1020 g/mol. The van der Waals surface area contributed by atoms with Crippen LogP contribution < -0.4 is 59.1 Å². The van der Waals surface area contributed by atoms with E-state index in [1.54, 1.807) is 36.4 Å². The van der Waals surface area contributed by atoms with Gasteiger partial charge < -0.3 is 36.5 Å². The van der Waals surface area contributed by atoms with Gasteiger partial charge in [0, 0.05) is 21.9 Å². The summed E-state index contributed by atoms with van der Waals surface area (Å²) in [6.45, 7) is 0. The van der Waals surface area contributed by atoms with Gasteiger partial charge in [0.25, 0.3) is 20.8 Å². The fourth-order valence-corrected chi connectivity index (χ4v) is 7.44. The van der Waals surface area contributed by atoms with Crippen LogP contribution in [0, 0.1) is 0 Å². The Morgan fingerprint density at radius 1 is 0.577 bits per heavy atom. The molecule has 12 nitrogen and oxygen atoms in total. The number of fused-ring (bicyclic) bond motifs is 2. The molecule has 0 unspecified atom stereocenters. The minimum atomic E-state index is -5.54. The molecule has 0 aliphatic carbocycles. The van der Waals surface area contributed by atoms with Gasteiger partial charge in [-0.05, 0) is 160 Å². The second-order valence-electron chi connectivity index (χ2n) is 10.4. The molecular weight excluding hydrogens is 1010 g/mol. The molecule has 0 amide bonds. The third kappa shape index (κ3) is 10.4. The summed E-state index contributed by atoms with van der Waals surface area (Å²) in [5, 5.41) is 20.7. The molecule has 0 spiro atoms. The summed E-state index contributed by atoms with van der Waals surface area (Å²) in [4.78, 5) is 0. The smallest absolute Gasteiger partial charge is 0.716 e. The normalized spacial score (nSPS) is 12.4. The zero-order valence-electron chi connectivity index (χ0n) is 26.4. The van der Waals surface area contributed by atoms with E-state index >= 15 is 0 Å². The van der Waals surface area contributed by atoms with Crippen LogP contribution in [0.4, 0.5) is 0 Å². The van der Waals surface area contributed by atoms with E-state index in [-0.39, 0.29) is 81.7 Å². The molecule has 0 aliphatic rings. The van der Waals surface area contributed by atoms with Crippen LogP contribution in [-0.4, -0.2) is 36.2 Å². The molecule has 20 heteroatoms. The number of hydrogen-bond acceptors (Lipinski definition) is 12. The van der Waals surface area contributed by atoms with E-state index in [9.17, 15) is 36.2 Å². The van der Waals surface area contributed by atoms with Gasteiger partial charge in [-0.3, -0.25) is 0 Å². The molecule has 6 rings (SSSR count). The first-order valence-electron chi connectivity index (χ1n) is 13.6. The van der Waals surface area contributed by atoms with Gasteiger partial charge in [-0.25, -0.2) is 16.8 Å². The van der Waals surface area contributed by atoms with Gasteiger partial charge in [-0.2, -0.15) is 0 Å². The third-order valence-corrected chi connectivity index (χ3v) is 10.1. The van der Waals surface area contributed by atoms with Crippen LogP contribution in [-0.2, 0) is 29.2 Å². The molecule has 0 bridgehead atoms. The Morgan fingerprint density at radius 2 is 0.942 bits per heavy atom. The van der Waals surface area contributed by atoms with E-state index in [0.29, 0.717) is 62.5 Å². The molecular formula is C32H16Br4Na2O12S2. The number of benzene rings is 4. The minimum absolute atomic E-state index is 0. The van der Waals surface area contributed by atoms with Crippen molar-refractivity contribution in [1.82, 2.24) is 0 Å². The first-order valence-corrected chi connectivity index (χ1v) is 19.4. The van der Waals surface area contributed by atoms with Gasteiger partial charge in [-0.15, -0.1) is 0 Å². The molecule has 0 fully saturated rings. The zero-order valence-corrected chi connectivity index (χ0v) is 38.4. The Labute approximate surface area is 373 Å². The van der Waals surface area contributed by atoms with Crippen LogP contribution in [0.15, 0.2) is 111 Å². The number of halogens is 4. The Balaban J connectivity index is 0.00000302. The van der Waals surface area contributed by atoms with E-state index in [1.165, 1.54) is 36.4 Å². The molecule has 6 aromatic rings. The van der Waals surface area contributed by atoms with E-state index in [0.717, 1.165) is 12.2 Å². The van der Waals surface area contributed by atoms with Gasteiger partial charge in [0.15, 0.2) is 11.5 Å². The summed E-state index contributed by atoms with van der Waals surface area (Å²) in [5.41, 5.74) is 2.34. The van der Waals surface area contributed by atoms with Crippen molar-refractivity contribution in [3.05, 3.63) is 113 Å². The topological polar surface area (TPSA) is 200 Å². The van der Waals surface area contributed by atoms with Crippen LogP contribution in [0.2, 0.25) is 0 Å². The molecule has 52 heavy (non-hydrogen) atoms. The summed E-state index contributed by atoms with van der Waals surface area (Å²) in [7, 11) is -11.1. The van der Waals surface area contributed by atoms with Crippen molar-refractivity contribution in [3.63, 3.8) is 0 Å². The van der Waals surface area contributed by atoms with Gasteiger partial charge in [0.1, 0.15) is 34.2 Å². The second-order valence-corrected chi connectivity index (χ2v) is 15.8. The second kappa shape index (κ2) is 17.0. The van der Waals surface area contributed by atoms with E-state index in [2.05, 4.69) is 72.1 Å². The fraction of sp³-hybridized carbons (Fsp3) is 0. The summed E-state index contributed by atoms with van der Waals surface area (Å²) < 4.78 is 93.9. The number of rotatable bonds is 9. The van der Waals surface area contributed by atoms with Crippen LogP contribution in [0.1, 0.15) is 11.1 Å². The van der Waals surface area contributed by atoms with E-state index in [4.69, 9.17) is 8.83 Å². The maximum atomic E-state index is 11.8. The van der Waals surface area contributed by atoms with Crippen LogP contribution in [0.5, 0.6) is 11.5 Å². The first-order chi connectivity index (χ1) is 23.4. The van der Waals surface area contributed by atoms with Crippen molar-refractivity contribution in [2.45, 2.75) is 0 Å². The minimum Gasteiger partial charge on any atom is -0.716 e. The summed E-state index contributed by atoms with van der Waals surface area (Å²) in [6, 6.07) is 18.7.